The van der Waals surface area contributed by atoms with E-state index in [0.717, 1.165) is 46.5 Å². The molecule has 1 aromatic carbocycles. The molecule has 0 saturated heterocycles. The van der Waals surface area contributed by atoms with Crippen LogP contribution in [0.15, 0.2) is 18.3 Å². The highest BCUT2D eigenvalue weighted by Crippen LogP contribution is 2.40. The number of aryl methyl sites for hydroxylation is 1. The minimum absolute atomic E-state index is 0.302. The average molecular weight is 303 g/mol. The molecule has 0 aliphatic heterocycles. The van der Waals surface area contributed by atoms with Crippen LogP contribution in [0.4, 0.5) is 5.69 Å². The molecule has 0 saturated carbocycles. The standard InChI is InChI=1S/C17H25N3O2/c1-11-7-9-19-16-14(21-3)10-13(17(22-4)15(11)16)20-12(2)6-5-8-18/h7,9-10,12,20H,5-6,8,18H2,1-4H3. The smallest absolute Gasteiger partial charge is 0.151 e. The summed E-state index contributed by atoms with van der Waals surface area (Å²) >= 11 is 0. The predicted molar refractivity (Wildman–Crippen MR) is 91.0 cm³/mol. The number of aromatic nitrogens is 1. The second kappa shape index (κ2) is 7.31. The molecule has 0 radical (unpaired) electrons. The number of nitrogens with two attached hydrogens (primary N) is 1. The number of anilines is 1. The van der Waals surface area contributed by atoms with Gasteiger partial charge in [0.15, 0.2) is 5.75 Å². The number of methoxy groups -OCH3 is 2. The van der Waals surface area contributed by atoms with E-state index in [1.165, 1.54) is 0 Å². The van der Waals surface area contributed by atoms with Crippen LogP contribution in [0.5, 0.6) is 11.5 Å². The third-order valence-electron chi connectivity index (χ3n) is 3.81. The van der Waals surface area contributed by atoms with Gasteiger partial charge < -0.3 is 20.5 Å². The number of benzene rings is 1. The molecule has 3 N–H and O–H groups in total. The van der Waals surface area contributed by atoms with Gasteiger partial charge in [-0.05, 0) is 44.9 Å². The van der Waals surface area contributed by atoms with Gasteiger partial charge in [-0.1, -0.05) is 0 Å². The van der Waals surface area contributed by atoms with E-state index in [9.17, 15) is 0 Å². The maximum absolute atomic E-state index is 5.66. The number of ether oxygens (including phenoxy) is 2. The fourth-order valence-corrected chi connectivity index (χ4v) is 2.67. The van der Waals surface area contributed by atoms with Crippen molar-refractivity contribution < 1.29 is 9.47 Å². The molecular formula is C17H25N3O2. The highest BCUT2D eigenvalue weighted by molar-refractivity contribution is 5.97. The number of hydrogen-bond donors (Lipinski definition) is 2. The molecular weight excluding hydrogens is 278 g/mol. The van der Waals surface area contributed by atoms with Crippen molar-refractivity contribution in [1.82, 2.24) is 4.98 Å². The van der Waals surface area contributed by atoms with Crippen LogP contribution in [0, 0.1) is 6.92 Å². The van der Waals surface area contributed by atoms with E-state index in [1.807, 2.05) is 19.1 Å². The fourth-order valence-electron chi connectivity index (χ4n) is 2.67. The van der Waals surface area contributed by atoms with Crippen LogP contribution in [0.1, 0.15) is 25.3 Å². The summed E-state index contributed by atoms with van der Waals surface area (Å²) in [6.07, 6.45) is 3.78. The van der Waals surface area contributed by atoms with Crippen LogP contribution in [0.25, 0.3) is 10.9 Å². The summed E-state index contributed by atoms with van der Waals surface area (Å²) in [6, 6.07) is 4.23. The Balaban J connectivity index is 2.51. The lowest BCUT2D eigenvalue weighted by molar-refractivity contribution is 0.410. The number of pyridine rings is 1. The molecule has 5 nitrogen and oxygen atoms in total. The van der Waals surface area contributed by atoms with Gasteiger partial charge in [-0.3, -0.25) is 4.98 Å². The van der Waals surface area contributed by atoms with Crippen LogP contribution in [-0.4, -0.2) is 31.8 Å². The molecule has 0 bridgehead atoms. The molecule has 0 aliphatic carbocycles. The van der Waals surface area contributed by atoms with E-state index in [2.05, 4.69) is 17.2 Å². The first-order valence-electron chi connectivity index (χ1n) is 7.59. The van der Waals surface area contributed by atoms with E-state index in [0.29, 0.717) is 12.6 Å². The van der Waals surface area contributed by atoms with Gasteiger partial charge >= 0.3 is 0 Å². The quantitative estimate of drug-likeness (QED) is 0.822. The molecule has 0 aliphatic rings. The minimum atomic E-state index is 0.302. The summed E-state index contributed by atoms with van der Waals surface area (Å²) in [5.74, 6) is 1.55. The van der Waals surface area contributed by atoms with Crippen molar-refractivity contribution in [3.05, 3.63) is 23.9 Å². The molecule has 22 heavy (non-hydrogen) atoms. The number of nitrogens with one attached hydrogen (secondary N) is 1. The number of hydrogen-bond acceptors (Lipinski definition) is 5. The number of fused-ring (bicyclic) bond motifs is 1. The van der Waals surface area contributed by atoms with Crippen molar-refractivity contribution in [3.63, 3.8) is 0 Å². The second-order valence-corrected chi connectivity index (χ2v) is 5.49. The van der Waals surface area contributed by atoms with Gasteiger partial charge in [0, 0.05) is 18.3 Å². The highest BCUT2D eigenvalue weighted by Gasteiger charge is 2.17. The maximum atomic E-state index is 5.66. The SMILES string of the molecule is COc1cc(NC(C)CCCN)c(OC)c2c(C)ccnc12. The van der Waals surface area contributed by atoms with Crippen molar-refractivity contribution in [1.29, 1.82) is 0 Å². The Bertz CT molecular complexity index is 643. The molecule has 1 heterocycles. The largest absolute Gasteiger partial charge is 0.494 e. The topological polar surface area (TPSA) is 69.4 Å². The van der Waals surface area contributed by atoms with E-state index in [1.54, 1.807) is 20.4 Å². The summed E-state index contributed by atoms with van der Waals surface area (Å²) in [7, 11) is 3.34. The number of nitrogens with zero attached hydrogens (tertiary/aromatic N) is 1. The molecule has 120 valence electrons. The summed E-state index contributed by atoms with van der Waals surface area (Å²) in [4.78, 5) is 4.44. The van der Waals surface area contributed by atoms with Crippen molar-refractivity contribution in [2.75, 3.05) is 26.1 Å². The van der Waals surface area contributed by atoms with E-state index in [-0.39, 0.29) is 0 Å². The van der Waals surface area contributed by atoms with Crippen LogP contribution < -0.4 is 20.5 Å². The Morgan fingerprint density at radius 2 is 2.09 bits per heavy atom. The average Bonchev–Trinajstić information content (AvgIpc) is 2.52. The Morgan fingerprint density at radius 3 is 2.73 bits per heavy atom. The van der Waals surface area contributed by atoms with E-state index >= 15 is 0 Å². The first kappa shape index (κ1) is 16.4. The summed E-state index contributed by atoms with van der Waals surface area (Å²) < 4.78 is 11.2. The third-order valence-corrected chi connectivity index (χ3v) is 3.81. The zero-order valence-corrected chi connectivity index (χ0v) is 13.8. The van der Waals surface area contributed by atoms with Gasteiger partial charge in [0.2, 0.25) is 0 Å². The summed E-state index contributed by atoms with van der Waals surface area (Å²) in [6.45, 7) is 4.89. The molecule has 1 atom stereocenters. The van der Waals surface area contributed by atoms with Crippen molar-refractivity contribution >= 4 is 16.6 Å². The van der Waals surface area contributed by atoms with Gasteiger partial charge in [-0.25, -0.2) is 0 Å². The maximum Gasteiger partial charge on any atom is 0.151 e. The van der Waals surface area contributed by atoms with Crippen LogP contribution in [0.3, 0.4) is 0 Å². The fraction of sp³-hybridized carbons (Fsp3) is 0.471. The highest BCUT2D eigenvalue weighted by atomic mass is 16.5. The van der Waals surface area contributed by atoms with Crippen LogP contribution in [0.2, 0.25) is 0 Å². The minimum Gasteiger partial charge on any atom is -0.494 e. The van der Waals surface area contributed by atoms with Crippen LogP contribution >= 0.6 is 0 Å². The monoisotopic (exact) mass is 303 g/mol. The first-order chi connectivity index (χ1) is 10.6. The zero-order chi connectivity index (χ0) is 16.1. The molecule has 1 unspecified atom stereocenters. The van der Waals surface area contributed by atoms with Crippen LogP contribution in [-0.2, 0) is 0 Å². The van der Waals surface area contributed by atoms with E-state index in [4.69, 9.17) is 15.2 Å². The van der Waals surface area contributed by atoms with Gasteiger partial charge in [0.25, 0.3) is 0 Å². The molecule has 0 amide bonds. The second-order valence-electron chi connectivity index (χ2n) is 5.49. The molecule has 0 spiro atoms. The Kier molecular flexibility index (Phi) is 5.44. The summed E-state index contributed by atoms with van der Waals surface area (Å²) in [5.41, 5.74) is 8.44. The Morgan fingerprint density at radius 1 is 1.32 bits per heavy atom. The third kappa shape index (κ3) is 3.25. The van der Waals surface area contributed by atoms with Crippen molar-refractivity contribution in [2.24, 2.45) is 5.73 Å². The van der Waals surface area contributed by atoms with Gasteiger partial charge in [0.05, 0.1) is 25.3 Å². The first-order valence-corrected chi connectivity index (χ1v) is 7.59. The number of rotatable bonds is 7. The van der Waals surface area contributed by atoms with Crippen molar-refractivity contribution in [2.45, 2.75) is 32.7 Å². The van der Waals surface area contributed by atoms with Crippen molar-refractivity contribution in [3.8, 4) is 11.5 Å². The molecule has 2 rings (SSSR count). The van der Waals surface area contributed by atoms with Gasteiger partial charge in [-0.15, -0.1) is 0 Å². The predicted octanol–water partition coefficient (Wildman–Crippen LogP) is 3.10. The lowest BCUT2D eigenvalue weighted by Crippen LogP contribution is -2.17. The molecule has 2 aromatic rings. The molecule has 0 fully saturated rings. The Hall–Kier alpha value is -2.01. The normalized spacial score (nSPS) is 12.2. The molecule has 1 aromatic heterocycles. The van der Waals surface area contributed by atoms with Gasteiger partial charge in [-0.2, -0.15) is 0 Å². The van der Waals surface area contributed by atoms with E-state index < -0.39 is 0 Å². The summed E-state index contributed by atoms with van der Waals surface area (Å²) in [5, 5.41) is 4.49. The lowest BCUT2D eigenvalue weighted by atomic mass is 10.1. The zero-order valence-electron chi connectivity index (χ0n) is 13.8. The van der Waals surface area contributed by atoms with Gasteiger partial charge in [0.1, 0.15) is 11.3 Å². The lowest BCUT2D eigenvalue weighted by Gasteiger charge is -2.20. The molecule has 5 heteroatoms. The Labute approximate surface area is 131 Å².